The Kier molecular flexibility index (Phi) is 2.42. The van der Waals surface area contributed by atoms with E-state index in [4.69, 9.17) is 0 Å². The van der Waals surface area contributed by atoms with Gasteiger partial charge in [-0.1, -0.05) is 6.92 Å². The maximum Gasteiger partial charge on any atom is 0.136 e. The van der Waals surface area contributed by atoms with Gasteiger partial charge in [0.1, 0.15) is 5.78 Å². The van der Waals surface area contributed by atoms with Gasteiger partial charge >= 0.3 is 0 Å². The number of ketones is 1. The highest BCUT2D eigenvalue weighted by atomic mass is 16.1. The van der Waals surface area contributed by atoms with Gasteiger partial charge < -0.3 is 0 Å². The van der Waals surface area contributed by atoms with E-state index in [0.717, 1.165) is 12.8 Å². The fourth-order valence-electron chi connectivity index (χ4n) is 3.14. The predicted molar refractivity (Wildman–Crippen MR) is 57.3 cm³/mol. The van der Waals surface area contributed by atoms with E-state index in [2.05, 4.69) is 25.7 Å². The van der Waals surface area contributed by atoms with Crippen molar-refractivity contribution in [2.24, 2.45) is 0 Å². The average molecular weight is 195 g/mol. The Labute approximate surface area is 86.7 Å². The molecular weight excluding hydrogens is 174 g/mol. The molecule has 2 rings (SSSR count). The molecule has 2 heterocycles. The standard InChI is InChI=1S/C12H21NO/c1-4-12(2,3)13-9-5-6-10(13)8-11(14)7-9/h9-10H,4-8H2,1-3H3. The molecule has 0 spiro atoms. The Hall–Kier alpha value is -0.370. The summed E-state index contributed by atoms with van der Waals surface area (Å²) >= 11 is 0. The Morgan fingerprint density at radius 1 is 1.29 bits per heavy atom. The minimum Gasteiger partial charge on any atom is -0.300 e. The van der Waals surface area contributed by atoms with Crippen molar-refractivity contribution in [3.05, 3.63) is 0 Å². The number of nitrogens with zero attached hydrogens (tertiary/aromatic N) is 1. The molecule has 2 aliphatic rings. The highest BCUT2D eigenvalue weighted by Crippen LogP contribution is 2.40. The zero-order valence-corrected chi connectivity index (χ0v) is 9.55. The fourth-order valence-corrected chi connectivity index (χ4v) is 3.14. The fraction of sp³-hybridized carbons (Fsp3) is 0.917. The zero-order valence-electron chi connectivity index (χ0n) is 9.55. The van der Waals surface area contributed by atoms with Crippen LogP contribution in [0.5, 0.6) is 0 Å². The smallest absolute Gasteiger partial charge is 0.136 e. The summed E-state index contributed by atoms with van der Waals surface area (Å²) < 4.78 is 0. The maximum absolute atomic E-state index is 11.5. The Morgan fingerprint density at radius 2 is 1.79 bits per heavy atom. The molecular formula is C12H21NO. The first-order valence-electron chi connectivity index (χ1n) is 5.84. The Morgan fingerprint density at radius 3 is 2.21 bits per heavy atom. The molecule has 2 unspecified atom stereocenters. The molecule has 2 nitrogen and oxygen atoms in total. The van der Waals surface area contributed by atoms with E-state index in [1.807, 2.05) is 0 Å². The van der Waals surface area contributed by atoms with Crippen molar-refractivity contribution in [1.82, 2.24) is 4.90 Å². The van der Waals surface area contributed by atoms with Crippen molar-refractivity contribution in [2.45, 2.75) is 70.5 Å². The number of rotatable bonds is 2. The molecule has 80 valence electrons. The van der Waals surface area contributed by atoms with E-state index >= 15 is 0 Å². The van der Waals surface area contributed by atoms with Crippen LogP contribution in [0, 0.1) is 0 Å². The van der Waals surface area contributed by atoms with Crippen LogP contribution in [0.15, 0.2) is 0 Å². The first-order chi connectivity index (χ1) is 6.54. The van der Waals surface area contributed by atoms with E-state index < -0.39 is 0 Å². The molecule has 0 aromatic carbocycles. The second kappa shape index (κ2) is 3.34. The molecule has 0 N–H and O–H groups in total. The van der Waals surface area contributed by atoms with Gasteiger partial charge in [0.2, 0.25) is 0 Å². The van der Waals surface area contributed by atoms with E-state index in [9.17, 15) is 4.79 Å². The van der Waals surface area contributed by atoms with Gasteiger partial charge in [-0.05, 0) is 33.1 Å². The van der Waals surface area contributed by atoms with E-state index in [-0.39, 0.29) is 5.54 Å². The molecule has 14 heavy (non-hydrogen) atoms. The molecule has 0 radical (unpaired) electrons. The minimum atomic E-state index is 0.284. The van der Waals surface area contributed by atoms with E-state index in [0.29, 0.717) is 17.9 Å². The second-order valence-electron chi connectivity index (χ2n) is 5.41. The summed E-state index contributed by atoms with van der Waals surface area (Å²) in [4.78, 5) is 14.1. The molecule has 2 saturated heterocycles. The number of carbonyl (C=O) groups excluding carboxylic acids is 1. The largest absolute Gasteiger partial charge is 0.300 e. The molecule has 2 atom stereocenters. The zero-order chi connectivity index (χ0) is 10.3. The average Bonchev–Trinajstić information content (AvgIpc) is 2.40. The number of fused-ring (bicyclic) bond motifs is 2. The van der Waals surface area contributed by atoms with Crippen molar-refractivity contribution < 1.29 is 4.79 Å². The van der Waals surface area contributed by atoms with Crippen LogP contribution < -0.4 is 0 Å². The lowest BCUT2D eigenvalue weighted by molar-refractivity contribution is -0.125. The molecule has 0 aromatic rings. The van der Waals surface area contributed by atoms with Crippen molar-refractivity contribution in [1.29, 1.82) is 0 Å². The van der Waals surface area contributed by atoms with Crippen LogP contribution in [0.1, 0.15) is 52.9 Å². The molecule has 2 heteroatoms. The van der Waals surface area contributed by atoms with Gasteiger partial charge in [0.25, 0.3) is 0 Å². The van der Waals surface area contributed by atoms with Gasteiger partial charge in [0.15, 0.2) is 0 Å². The SMILES string of the molecule is CCC(C)(C)N1C2CCC1CC(=O)C2. The summed E-state index contributed by atoms with van der Waals surface area (Å²) in [5, 5.41) is 0. The number of hydrogen-bond donors (Lipinski definition) is 0. The first-order valence-corrected chi connectivity index (χ1v) is 5.84. The lowest BCUT2D eigenvalue weighted by Crippen LogP contribution is -2.54. The van der Waals surface area contributed by atoms with E-state index in [1.165, 1.54) is 19.3 Å². The number of carbonyl (C=O) groups is 1. The van der Waals surface area contributed by atoms with Crippen LogP contribution in [-0.4, -0.2) is 28.3 Å². The molecule has 2 fully saturated rings. The third kappa shape index (κ3) is 1.50. The van der Waals surface area contributed by atoms with Crippen molar-refractivity contribution in [3.63, 3.8) is 0 Å². The highest BCUT2D eigenvalue weighted by Gasteiger charge is 2.45. The highest BCUT2D eigenvalue weighted by molar-refractivity contribution is 5.81. The quantitative estimate of drug-likeness (QED) is 0.674. The predicted octanol–water partition coefficient (Wildman–Crippen LogP) is 2.37. The van der Waals surface area contributed by atoms with Crippen LogP contribution in [0.4, 0.5) is 0 Å². The normalized spacial score (nSPS) is 33.8. The molecule has 0 aromatic heterocycles. The van der Waals surface area contributed by atoms with Gasteiger partial charge in [0.05, 0.1) is 0 Å². The monoisotopic (exact) mass is 195 g/mol. The molecule has 0 saturated carbocycles. The van der Waals surface area contributed by atoms with Crippen molar-refractivity contribution in [3.8, 4) is 0 Å². The Balaban J connectivity index is 2.18. The first kappa shape index (κ1) is 10.2. The van der Waals surface area contributed by atoms with Gasteiger partial charge in [-0.3, -0.25) is 9.69 Å². The molecule has 0 aliphatic carbocycles. The van der Waals surface area contributed by atoms with Crippen LogP contribution in [0.25, 0.3) is 0 Å². The van der Waals surface area contributed by atoms with Gasteiger partial charge in [-0.15, -0.1) is 0 Å². The summed E-state index contributed by atoms with van der Waals surface area (Å²) in [7, 11) is 0. The van der Waals surface area contributed by atoms with Gasteiger partial charge in [0, 0.05) is 30.5 Å². The van der Waals surface area contributed by atoms with Gasteiger partial charge in [-0.25, -0.2) is 0 Å². The molecule has 2 bridgehead atoms. The lowest BCUT2D eigenvalue weighted by atomic mass is 9.91. The van der Waals surface area contributed by atoms with Gasteiger partial charge in [-0.2, -0.15) is 0 Å². The maximum atomic E-state index is 11.5. The number of hydrogen-bond acceptors (Lipinski definition) is 2. The lowest BCUT2D eigenvalue weighted by Gasteiger charge is -2.45. The molecule has 0 amide bonds. The Bertz CT molecular complexity index is 231. The summed E-state index contributed by atoms with van der Waals surface area (Å²) in [5.41, 5.74) is 0.284. The third-order valence-electron chi connectivity index (χ3n) is 4.11. The summed E-state index contributed by atoms with van der Waals surface area (Å²) in [6.07, 6.45) is 5.26. The topological polar surface area (TPSA) is 20.3 Å². The van der Waals surface area contributed by atoms with Crippen molar-refractivity contribution >= 4 is 5.78 Å². The van der Waals surface area contributed by atoms with E-state index in [1.54, 1.807) is 0 Å². The third-order valence-corrected chi connectivity index (χ3v) is 4.11. The summed E-state index contributed by atoms with van der Waals surface area (Å²) in [5.74, 6) is 0.487. The summed E-state index contributed by atoms with van der Waals surface area (Å²) in [6.45, 7) is 6.87. The van der Waals surface area contributed by atoms with Crippen LogP contribution in [-0.2, 0) is 4.79 Å². The molecule has 2 aliphatic heterocycles. The van der Waals surface area contributed by atoms with Crippen LogP contribution in [0.2, 0.25) is 0 Å². The number of piperidine rings is 1. The minimum absolute atomic E-state index is 0.284. The number of Topliss-reactive ketones (excluding diaryl/α,β-unsaturated/α-hetero) is 1. The van der Waals surface area contributed by atoms with Crippen molar-refractivity contribution in [2.75, 3.05) is 0 Å². The second-order valence-corrected chi connectivity index (χ2v) is 5.41. The summed E-state index contributed by atoms with van der Waals surface area (Å²) in [6, 6.07) is 1.10. The van der Waals surface area contributed by atoms with Crippen LogP contribution >= 0.6 is 0 Å². The van der Waals surface area contributed by atoms with Crippen LogP contribution in [0.3, 0.4) is 0 Å².